The maximum atomic E-state index is 12.7. The third-order valence-corrected chi connectivity index (χ3v) is 4.84. The van der Waals surface area contributed by atoms with E-state index >= 15 is 0 Å². The van der Waals surface area contributed by atoms with Gasteiger partial charge in [0.15, 0.2) is 5.69 Å². The first kappa shape index (κ1) is 18.1. The van der Waals surface area contributed by atoms with E-state index in [1.807, 2.05) is 48.5 Å². The molecule has 1 aromatic carbocycles. The number of rotatable bonds is 5. The second-order valence-corrected chi connectivity index (χ2v) is 6.72. The van der Waals surface area contributed by atoms with Crippen LogP contribution in [0.5, 0.6) is 0 Å². The maximum Gasteiger partial charge on any atom is 0.276 e. The first-order chi connectivity index (χ1) is 13.7. The molecule has 8 nitrogen and oxygen atoms in total. The van der Waals surface area contributed by atoms with Crippen LogP contribution in [0, 0.1) is 0 Å². The topological polar surface area (TPSA) is 87.4 Å². The van der Waals surface area contributed by atoms with Crippen LogP contribution >= 0.6 is 0 Å². The first-order valence-corrected chi connectivity index (χ1v) is 9.29. The van der Waals surface area contributed by atoms with Gasteiger partial charge in [-0.1, -0.05) is 41.6 Å². The average Bonchev–Trinajstić information content (AvgIpc) is 3.23. The van der Waals surface area contributed by atoms with Crippen LogP contribution in [0.4, 0.5) is 5.82 Å². The average molecular weight is 378 g/mol. The molecule has 0 saturated carbocycles. The van der Waals surface area contributed by atoms with Crippen molar-refractivity contribution in [1.82, 2.24) is 24.9 Å². The van der Waals surface area contributed by atoms with Crippen molar-refractivity contribution in [3.8, 4) is 0 Å². The molecule has 0 aliphatic carbocycles. The Morgan fingerprint density at radius 3 is 2.50 bits per heavy atom. The van der Waals surface area contributed by atoms with E-state index in [-0.39, 0.29) is 12.5 Å². The van der Waals surface area contributed by atoms with E-state index in [9.17, 15) is 9.90 Å². The number of aromatic nitrogens is 4. The van der Waals surface area contributed by atoms with Gasteiger partial charge in [-0.15, -0.1) is 5.10 Å². The summed E-state index contributed by atoms with van der Waals surface area (Å²) < 4.78 is 1.51. The highest BCUT2D eigenvalue weighted by Crippen LogP contribution is 2.16. The Kier molecular flexibility index (Phi) is 5.29. The van der Waals surface area contributed by atoms with Crippen LogP contribution in [0.2, 0.25) is 0 Å². The van der Waals surface area contributed by atoms with E-state index in [4.69, 9.17) is 0 Å². The number of carbonyl (C=O) groups is 1. The van der Waals surface area contributed by atoms with Crippen molar-refractivity contribution in [2.24, 2.45) is 0 Å². The molecule has 0 spiro atoms. The van der Waals surface area contributed by atoms with E-state index in [1.54, 1.807) is 17.3 Å². The van der Waals surface area contributed by atoms with Crippen molar-refractivity contribution < 1.29 is 9.90 Å². The number of carbonyl (C=O) groups excluding carboxylic acids is 1. The molecule has 1 saturated heterocycles. The lowest BCUT2D eigenvalue weighted by Crippen LogP contribution is -2.49. The van der Waals surface area contributed by atoms with Gasteiger partial charge in [-0.2, -0.15) is 0 Å². The molecule has 1 fully saturated rings. The molecule has 3 aromatic rings. The molecule has 28 heavy (non-hydrogen) atoms. The number of nitrogens with zero attached hydrogens (tertiary/aromatic N) is 6. The van der Waals surface area contributed by atoms with E-state index in [0.29, 0.717) is 18.8 Å². The quantitative estimate of drug-likeness (QED) is 0.722. The van der Waals surface area contributed by atoms with Crippen LogP contribution < -0.4 is 4.90 Å². The van der Waals surface area contributed by atoms with E-state index < -0.39 is 6.10 Å². The van der Waals surface area contributed by atoms with Gasteiger partial charge in [0.25, 0.3) is 5.91 Å². The van der Waals surface area contributed by atoms with E-state index in [2.05, 4.69) is 20.2 Å². The summed E-state index contributed by atoms with van der Waals surface area (Å²) in [5, 5.41) is 18.3. The highest BCUT2D eigenvalue weighted by Gasteiger charge is 2.25. The lowest BCUT2D eigenvalue weighted by molar-refractivity contribution is 0.0740. The standard InChI is InChI=1S/C20H22N6O2/c27-18(16-6-2-1-3-7-16)15-26-14-17(22-23-26)20(28)25-12-10-24(11-13-25)19-8-4-5-9-21-19/h1-9,14,18,27H,10-13,15H2/t18-/m1/s1. The Morgan fingerprint density at radius 2 is 1.79 bits per heavy atom. The Bertz CT molecular complexity index is 907. The molecule has 1 aliphatic heterocycles. The molecular formula is C20H22N6O2. The summed E-state index contributed by atoms with van der Waals surface area (Å²) >= 11 is 0. The summed E-state index contributed by atoms with van der Waals surface area (Å²) in [6.07, 6.45) is 2.67. The van der Waals surface area contributed by atoms with Gasteiger partial charge in [-0.25, -0.2) is 9.67 Å². The third kappa shape index (κ3) is 4.01. The molecule has 144 valence electrons. The summed E-state index contributed by atoms with van der Waals surface area (Å²) in [4.78, 5) is 21.0. The summed E-state index contributed by atoms with van der Waals surface area (Å²) in [7, 11) is 0. The summed E-state index contributed by atoms with van der Waals surface area (Å²) in [5.41, 5.74) is 1.10. The summed E-state index contributed by atoms with van der Waals surface area (Å²) in [6.45, 7) is 2.91. The second kappa shape index (κ2) is 8.18. The number of aliphatic hydroxyl groups is 1. The number of anilines is 1. The van der Waals surface area contributed by atoms with Crippen molar-refractivity contribution in [2.75, 3.05) is 31.1 Å². The van der Waals surface area contributed by atoms with E-state index in [1.165, 1.54) is 4.68 Å². The minimum Gasteiger partial charge on any atom is -0.386 e. The molecular weight excluding hydrogens is 356 g/mol. The molecule has 0 radical (unpaired) electrons. The van der Waals surface area contributed by atoms with Crippen LogP contribution in [-0.2, 0) is 6.54 Å². The predicted molar refractivity (Wildman–Crippen MR) is 104 cm³/mol. The lowest BCUT2D eigenvalue weighted by atomic mass is 10.1. The van der Waals surface area contributed by atoms with Crippen molar-refractivity contribution in [2.45, 2.75) is 12.6 Å². The number of piperazine rings is 1. The lowest BCUT2D eigenvalue weighted by Gasteiger charge is -2.35. The largest absolute Gasteiger partial charge is 0.386 e. The third-order valence-electron chi connectivity index (χ3n) is 4.84. The van der Waals surface area contributed by atoms with Gasteiger partial charge in [0.05, 0.1) is 18.8 Å². The molecule has 1 aliphatic rings. The van der Waals surface area contributed by atoms with Crippen molar-refractivity contribution in [3.05, 3.63) is 72.2 Å². The van der Waals surface area contributed by atoms with Gasteiger partial charge in [-0.3, -0.25) is 4.79 Å². The summed E-state index contributed by atoms with van der Waals surface area (Å²) in [6, 6.07) is 15.2. The zero-order valence-corrected chi connectivity index (χ0v) is 15.4. The normalized spacial score (nSPS) is 15.5. The van der Waals surface area contributed by atoms with Gasteiger partial charge in [0.1, 0.15) is 5.82 Å². The van der Waals surface area contributed by atoms with Crippen LogP contribution in [0.15, 0.2) is 60.9 Å². The fraction of sp³-hybridized carbons (Fsp3) is 0.300. The minimum absolute atomic E-state index is 0.138. The predicted octanol–water partition coefficient (Wildman–Crippen LogP) is 1.37. The SMILES string of the molecule is O=C(c1cn(C[C@@H](O)c2ccccc2)nn1)N1CCN(c2ccccn2)CC1. The molecule has 1 amide bonds. The number of hydrogen-bond acceptors (Lipinski definition) is 6. The number of amides is 1. The van der Waals surface area contributed by atoms with Crippen molar-refractivity contribution in [1.29, 1.82) is 0 Å². The zero-order valence-electron chi connectivity index (χ0n) is 15.4. The first-order valence-electron chi connectivity index (χ1n) is 9.29. The van der Waals surface area contributed by atoms with Crippen molar-refractivity contribution >= 4 is 11.7 Å². The fourth-order valence-corrected chi connectivity index (χ4v) is 3.28. The number of hydrogen-bond donors (Lipinski definition) is 1. The molecule has 4 rings (SSSR count). The Labute approximate surface area is 163 Å². The highest BCUT2D eigenvalue weighted by atomic mass is 16.3. The maximum absolute atomic E-state index is 12.7. The van der Waals surface area contributed by atoms with Crippen LogP contribution in [-0.4, -0.2) is 62.1 Å². The van der Waals surface area contributed by atoms with Gasteiger partial charge in [-0.05, 0) is 17.7 Å². The molecule has 1 atom stereocenters. The van der Waals surface area contributed by atoms with Crippen molar-refractivity contribution in [3.63, 3.8) is 0 Å². The van der Waals surface area contributed by atoms with Gasteiger partial charge < -0.3 is 14.9 Å². The van der Waals surface area contributed by atoms with Gasteiger partial charge >= 0.3 is 0 Å². The minimum atomic E-state index is -0.701. The molecule has 1 N–H and O–H groups in total. The van der Waals surface area contributed by atoms with Crippen LogP contribution in [0.3, 0.4) is 0 Å². The summed E-state index contributed by atoms with van der Waals surface area (Å²) in [5.74, 6) is 0.788. The number of aliphatic hydroxyl groups excluding tert-OH is 1. The Hall–Kier alpha value is -3.26. The van der Waals surface area contributed by atoms with Crippen LogP contribution in [0.1, 0.15) is 22.2 Å². The van der Waals surface area contributed by atoms with Crippen LogP contribution in [0.25, 0.3) is 0 Å². The van der Waals surface area contributed by atoms with Gasteiger partial charge in [0.2, 0.25) is 0 Å². The molecule has 8 heteroatoms. The fourth-order valence-electron chi connectivity index (χ4n) is 3.28. The molecule has 3 heterocycles. The Balaban J connectivity index is 1.35. The Morgan fingerprint density at radius 1 is 1.04 bits per heavy atom. The van der Waals surface area contributed by atoms with E-state index in [0.717, 1.165) is 24.5 Å². The molecule has 0 bridgehead atoms. The zero-order chi connectivity index (χ0) is 19.3. The number of pyridine rings is 1. The van der Waals surface area contributed by atoms with Gasteiger partial charge in [0, 0.05) is 32.4 Å². The highest BCUT2D eigenvalue weighted by molar-refractivity contribution is 5.92. The monoisotopic (exact) mass is 378 g/mol. The smallest absolute Gasteiger partial charge is 0.276 e. The molecule has 2 aromatic heterocycles. The number of benzene rings is 1. The second-order valence-electron chi connectivity index (χ2n) is 6.72. The molecule has 0 unspecified atom stereocenters.